The molecule has 3 aliphatic rings. The quantitative estimate of drug-likeness (QED) is 0.110. The Balaban J connectivity index is 1.39. The molecule has 0 aromatic heterocycles. The van der Waals surface area contributed by atoms with E-state index in [4.69, 9.17) is 17.0 Å². The van der Waals surface area contributed by atoms with Gasteiger partial charge in [0.15, 0.2) is 0 Å². The molecule has 2 unspecified atom stereocenters. The summed E-state index contributed by atoms with van der Waals surface area (Å²) in [6.07, 6.45) is -16.9. The van der Waals surface area contributed by atoms with Crippen LogP contribution in [0.5, 0.6) is 0 Å². The normalized spacial score (nSPS) is 17.9. The van der Waals surface area contributed by atoms with E-state index in [1.165, 1.54) is 0 Å². The summed E-state index contributed by atoms with van der Waals surface area (Å²) in [5.74, 6) is -0.720. The second kappa shape index (κ2) is 16.9. The van der Waals surface area contributed by atoms with Crippen LogP contribution in [0, 0.1) is 25.7 Å². The van der Waals surface area contributed by atoms with Crippen LogP contribution in [0.4, 0.5) is 52.7 Å². The van der Waals surface area contributed by atoms with Gasteiger partial charge in [-0.2, -0.15) is 0 Å². The van der Waals surface area contributed by atoms with Crippen molar-refractivity contribution in [1.29, 1.82) is 0 Å². The van der Waals surface area contributed by atoms with Crippen LogP contribution in [0.15, 0.2) is 114 Å². The first-order valence-corrected chi connectivity index (χ1v) is 34.3. The molecule has 0 radical (unpaired) electrons. The van der Waals surface area contributed by atoms with E-state index in [1.54, 1.807) is 50.3 Å². The Kier molecular flexibility index (Phi) is 12.2. The van der Waals surface area contributed by atoms with Crippen molar-refractivity contribution in [3.8, 4) is 33.4 Å². The van der Waals surface area contributed by atoms with Gasteiger partial charge < -0.3 is 0 Å². The van der Waals surface area contributed by atoms with Crippen LogP contribution in [-0.4, -0.2) is 9.52 Å². The third-order valence-electron chi connectivity index (χ3n) is 14.4. The third-order valence-corrected chi connectivity index (χ3v) is 37.0. The zero-order valence-corrected chi connectivity index (χ0v) is 43.7. The molecule has 6 aromatic rings. The first-order valence-electron chi connectivity index (χ1n) is 22.5. The van der Waals surface area contributed by atoms with Crippen LogP contribution >= 0.6 is 17.0 Å². The van der Waals surface area contributed by atoms with Crippen LogP contribution in [-0.2, 0) is 41.1 Å². The minimum atomic E-state index is -6.56. The number of alkyl halides is 12. The summed E-state index contributed by atoms with van der Waals surface area (Å²) in [6, 6.07) is 23.6. The number of rotatable bonds is 7. The number of allylic oxidation sites excluding steroid dienone is 2. The Hall–Kier alpha value is -4.36. The van der Waals surface area contributed by atoms with Gasteiger partial charge in [0, 0.05) is 0 Å². The molecule has 2 atom stereocenters. The predicted octanol–water partition coefficient (Wildman–Crippen LogP) is 16.0. The standard InChI is InChI=1S/2C21H17F6.C12H9Si.2ClH.Zr/c2*1-11(2)14-6-13-5-4-12(3)19(18(13)9-14)15-7-16(20(22,23)24)10-17(8-15)21(25,26)27;1-3-7-11-9(5-1)10-6-2-4-8-12(10)13-11;;;/h2*4-11H,1-3H3;1-7H,13H2;2*1H;/q;;;;;+2/p-2. The van der Waals surface area contributed by atoms with Gasteiger partial charge in [0.1, 0.15) is 0 Å². The van der Waals surface area contributed by atoms with Crippen molar-refractivity contribution in [2.24, 2.45) is 11.8 Å². The molecule has 0 saturated carbocycles. The van der Waals surface area contributed by atoms with E-state index in [2.05, 4.69) is 0 Å². The number of hydrogen-bond donors (Lipinski definition) is 0. The Labute approximate surface area is 407 Å². The molecule has 0 nitrogen and oxygen atoms in total. The average Bonchev–Trinajstić information content (AvgIpc) is 3.98. The fourth-order valence-electron chi connectivity index (χ4n) is 11.4. The van der Waals surface area contributed by atoms with Gasteiger partial charge in [-0.1, -0.05) is 0 Å². The summed E-state index contributed by atoms with van der Waals surface area (Å²) in [5.41, 5.74) is -0.496. The second-order valence-electron chi connectivity index (χ2n) is 19.4. The molecule has 0 saturated heterocycles. The summed E-state index contributed by atoms with van der Waals surface area (Å²) in [4.78, 5) is 0. The van der Waals surface area contributed by atoms with Gasteiger partial charge in [0.05, 0.1) is 0 Å². The molecule has 0 spiro atoms. The van der Waals surface area contributed by atoms with Crippen LogP contribution < -0.4 is 13.6 Å². The molecule has 365 valence electrons. The fraction of sp³-hybridized carbons (Fsp3) is 0.259. The van der Waals surface area contributed by atoms with Crippen LogP contribution in [0.25, 0.3) is 45.5 Å². The minimum absolute atomic E-state index is 0.0860. The van der Waals surface area contributed by atoms with Crippen molar-refractivity contribution >= 4 is 52.3 Å². The summed E-state index contributed by atoms with van der Waals surface area (Å²) in [6.45, 7) is 10.8. The molecule has 0 fully saturated rings. The number of halogens is 14. The maximum atomic E-state index is 14.5. The number of fused-ring (bicyclic) bond motifs is 5. The maximum absolute atomic E-state index is 14.5. The fourth-order valence-corrected chi connectivity index (χ4v) is 39.6. The Bertz CT molecular complexity index is 3000. The van der Waals surface area contributed by atoms with Crippen molar-refractivity contribution in [3.05, 3.63) is 170 Å². The zero-order chi connectivity index (χ0) is 51.0. The van der Waals surface area contributed by atoms with E-state index in [1.807, 2.05) is 70.2 Å². The molecule has 16 heteroatoms. The predicted molar refractivity (Wildman–Crippen MR) is 255 cm³/mol. The first-order chi connectivity index (χ1) is 32.4. The van der Waals surface area contributed by atoms with Crippen molar-refractivity contribution in [1.82, 2.24) is 0 Å². The summed E-state index contributed by atoms with van der Waals surface area (Å²) in [7, 11) is 16.7. The Morgan fingerprint density at radius 1 is 0.486 bits per heavy atom. The Morgan fingerprint density at radius 3 is 1.26 bits per heavy atom. The van der Waals surface area contributed by atoms with E-state index in [0.717, 1.165) is 21.5 Å². The van der Waals surface area contributed by atoms with Crippen LogP contribution in [0.2, 0.25) is 0 Å². The number of hydrogen-bond acceptors (Lipinski definition) is 0. The van der Waals surface area contributed by atoms with Gasteiger partial charge in [-0.25, -0.2) is 0 Å². The first kappa shape index (κ1) is 50.6. The van der Waals surface area contributed by atoms with Gasteiger partial charge in [0.2, 0.25) is 0 Å². The van der Waals surface area contributed by atoms with Crippen molar-refractivity contribution < 1.29 is 69.1 Å². The summed E-state index contributed by atoms with van der Waals surface area (Å²) < 4.78 is 172. The topological polar surface area (TPSA) is 0 Å². The average molecular weight is 1110 g/mol. The number of aryl methyl sites for hydroxylation is 2. The van der Waals surface area contributed by atoms with Crippen molar-refractivity contribution in [2.45, 2.75) is 73.5 Å². The van der Waals surface area contributed by atoms with Gasteiger partial charge in [-0.15, -0.1) is 0 Å². The molecule has 1 aliphatic heterocycles. The Morgan fingerprint density at radius 2 is 0.871 bits per heavy atom. The van der Waals surface area contributed by atoms with Gasteiger partial charge in [0.25, 0.3) is 0 Å². The molecule has 2 aliphatic carbocycles. The zero-order valence-electron chi connectivity index (χ0n) is 38.3. The second-order valence-corrected chi connectivity index (χ2v) is 41.8. The summed E-state index contributed by atoms with van der Waals surface area (Å²) >= 11 is -6.56. The number of benzene rings is 6. The molecule has 0 bridgehead atoms. The molecular formula is C54H43Cl2F12SiZr. The summed E-state index contributed by atoms with van der Waals surface area (Å²) in [5, 5.41) is 2.09. The molecule has 0 amide bonds. The molecule has 6 aromatic carbocycles. The van der Waals surface area contributed by atoms with E-state index in [-0.39, 0.29) is 46.2 Å². The van der Waals surface area contributed by atoms with E-state index in [0.29, 0.717) is 72.1 Å². The van der Waals surface area contributed by atoms with Gasteiger partial charge in [-0.05, 0) is 0 Å². The van der Waals surface area contributed by atoms with Gasteiger partial charge in [-0.3, -0.25) is 0 Å². The molecular weight excluding hydrogens is 1070 g/mol. The molecule has 0 N–H and O–H groups in total. The van der Waals surface area contributed by atoms with Crippen molar-refractivity contribution in [3.63, 3.8) is 0 Å². The SMILES string of the molecule is Cc1ccc2c(c1-c1cc(C(F)(F)F)cc(C(F)(F)F)c1)C=C(C(C)C)[CH]2[Zr]([Cl])([Cl])([c]1cccc2c1[SiH2]c1ccccc1-2)[CH]1C(C(C)C)=Cc2c1ccc(C)c2-c1cc(C(F)(F)F)cc(C(F)(F)F)c1. The molecule has 1 heterocycles. The monoisotopic (exact) mass is 1110 g/mol. The molecule has 70 heavy (non-hydrogen) atoms. The van der Waals surface area contributed by atoms with Crippen molar-refractivity contribution in [2.75, 3.05) is 0 Å². The van der Waals surface area contributed by atoms with E-state index in [9.17, 15) is 52.7 Å². The molecule has 9 rings (SSSR count). The van der Waals surface area contributed by atoms with Gasteiger partial charge >= 0.3 is 410 Å². The third kappa shape index (κ3) is 8.19. The van der Waals surface area contributed by atoms with E-state index >= 15 is 0 Å². The van der Waals surface area contributed by atoms with Crippen LogP contribution in [0.1, 0.15) is 90.6 Å². The van der Waals surface area contributed by atoms with E-state index < -0.39 is 80.1 Å². The van der Waals surface area contributed by atoms with Crippen LogP contribution in [0.3, 0.4) is 0 Å².